The number of para-hydroxylation sites is 1. The van der Waals surface area contributed by atoms with Crippen molar-refractivity contribution >= 4 is 21.8 Å². The molecular formula is C16H20BrNO2. The number of carbonyl (C=O) groups excluding carboxylic acids is 1. The number of benzene rings is 1. The molecular weight excluding hydrogens is 318 g/mol. The molecule has 3 unspecified atom stereocenters. The van der Waals surface area contributed by atoms with Crippen LogP contribution in [0, 0.1) is 0 Å². The fourth-order valence-corrected chi connectivity index (χ4v) is 4.16. The molecule has 0 aromatic heterocycles. The van der Waals surface area contributed by atoms with Gasteiger partial charge in [-0.1, -0.05) is 47.0 Å². The maximum atomic E-state index is 12.6. The fourth-order valence-electron chi connectivity index (χ4n) is 3.21. The highest BCUT2D eigenvalue weighted by molar-refractivity contribution is 9.09. The van der Waals surface area contributed by atoms with Gasteiger partial charge in [-0.2, -0.15) is 0 Å². The van der Waals surface area contributed by atoms with E-state index in [0.29, 0.717) is 17.3 Å². The molecule has 0 spiro atoms. The second kappa shape index (κ2) is 5.76. The van der Waals surface area contributed by atoms with Crippen LogP contribution in [0.2, 0.25) is 0 Å². The molecule has 1 aliphatic carbocycles. The molecule has 1 heterocycles. The summed E-state index contributed by atoms with van der Waals surface area (Å²) in [6, 6.07) is 8.22. The molecule has 1 amide bonds. The third-order valence-corrected chi connectivity index (χ3v) is 5.48. The van der Waals surface area contributed by atoms with Crippen LogP contribution in [0.3, 0.4) is 0 Å². The molecule has 1 aliphatic heterocycles. The van der Waals surface area contributed by atoms with E-state index in [0.717, 1.165) is 24.2 Å². The van der Waals surface area contributed by atoms with Crippen molar-refractivity contribution in [3.63, 3.8) is 0 Å². The normalized spacial score (nSPS) is 28.6. The quantitative estimate of drug-likeness (QED) is 0.776. The van der Waals surface area contributed by atoms with Gasteiger partial charge in [0, 0.05) is 24.3 Å². The van der Waals surface area contributed by atoms with Crippen LogP contribution in [-0.2, 0) is 11.2 Å². The predicted octanol–water partition coefficient (Wildman–Crippen LogP) is 3.15. The smallest absolute Gasteiger partial charge is 0.264 e. The van der Waals surface area contributed by atoms with Gasteiger partial charge >= 0.3 is 0 Å². The number of fused-ring (bicyclic) bond motifs is 1. The second-order valence-electron chi connectivity index (χ2n) is 5.74. The highest BCUT2D eigenvalue weighted by Crippen LogP contribution is 2.32. The summed E-state index contributed by atoms with van der Waals surface area (Å²) in [6.45, 7) is 0. The van der Waals surface area contributed by atoms with Gasteiger partial charge in [0.15, 0.2) is 6.10 Å². The fraction of sp³-hybridized carbons (Fsp3) is 0.562. The lowest BCUT2D eigenvalue weighted by molar-refractivity contribution is -0.139. The number of likely N-dealkylation sites (N-methyl/N-ethyl adjacent to an activating group) is 1. The van der Waals surface area contributed by atoms with Crippen molar-refractivity contribution in [3.8, 4) is 5.75 Å². The van der Waals surface area contributed by atoms with Gasteiger partial charge < -0.3 is 9.64 Å². The molecule has 1 aromatic rings. The average Bonchev–Trinajstić information content (AvgIpc) is 2.90. The van der Waals surface area contributed by atoms with Crippen molar-refractivity contribution in [3.05, 3.63) is 29.8 Å². The third kappa shape index (κ3) is 2.58. The Labute approximate surface area is 128 Å². The number of ether oxygens (including phenoxy) is 1. The molecule has 0 N–H and O–H groups in total. The number of rotatable bonds is 2. The minimum Gasteiger partial charge on any atom is -0.480 e. The van der Waals surface area contributed by atoms with E-state index < -0.39 is 0 Å². The molecule has 0 radical (unpaired) electrons. The van der Waals surface area contributed by atoms with Crippen molar-refractivity contribution in [1.82, 2.24) is 4.90 Å². The molecule has 1 saturated carbocycles. The number of carbonyl (C=O) groups is 1. The van der Waals surface area contributed by atoms with Crippen molar-refractivity contribution in [1.29, 1.82) is 0 Å². The number of hydrogen-bond donors (Lipinski definition) is 0. The molecule has 3 atom stereocenters. The van der Waals surface area contributed by atoms with E-state index >= 15 is 0 Å². The SMILES string of the molecule is CN(C(=O)C1Cc2ccccc2O1)C1CCCCC1Br. The largest absolute Gasteiger partial charge is 0.480 e. The first-order valence-electron chi connectivity index (χ1n) is 7.32. The van der Waals surface area contributed by atoms with Crippen molar-refractivity contribution in [2.45, 2.75) is 49.1 Å². The van der Waals surface area contributed by atoms with Gasteiger partial charge in [0.1, 0.15) is 5.75 Å². The maximum Gasteiger partial charge on any atom is 0.264 e. The topological polar surface area (TPSA) is 29.5 Å². The minimum absolute atomic E-state index is 0.109. The predicted molar refractivity (Wildman–Crippen MR) is 82.3 cm³/mol. The number of hydrogen-bond acceptors (Lipinski definition) is 2. The van der Waals surface area contributed by atoms with Gasteiger partial charge in [0.2, 0.25) is 0 Å². The monoisotopic (exact) mass is 337 g/mol. The van der Waals surface area contributed by atoms with Gasteiger partial charge in [-0.15, -0.1) is 0 Å². The molecule has 1 fully saturated rings. The highest BCUT2D eigenvalue weighted by atomic mass is 79.9. The molecule has 2 aliphatic rings. The van der Waals surface area contributed by atoms with Gasteiger partial charge in [0.25, 0.3) is 5.91 Å². The standard InChI is InChI=1S/C16H20BrNO2/c1-18(13-8-4-3-7-12(13)17)16(19)15-10-11-6-2-5-9-14(11)20-15/h2,5-6,9,12-13,15H,3-4,7-8,10H2,1H3. The Morgan fingerprint density at radius 3 is 2.80 bits per heavy atom. The van der Waals surface area contributed by atoms with E-state index in [2.05, 4.69) is 15.9 Å². The van der Waals surface area contributed by atoms with Crippen LogP contribution in [0.25, 0.3) is 0 Å². The summed E-state index contributed by atoms with van der Waals surface area (Å²) < 4.78 is 5.81. The van der Waals surface area contributed by atoms with E-state index in [1.165, 1.54) is 12.8 Å². The Hall–Kier alpha value is -1.03. The highest BCUT2D eigenvalue weighted by Gasteiger charge is 2.36. The molecule has 3 nitrogen and oxygen atoms in total. The maximum absolute atomic E-state index is 12.6. The van der Waals surface area contributed by atoms with Crippen LogP contribution in [0.5, 0.6) is 5.75 Å². The van der Waals surface area contributed by atoms with Crippen molar-refractivity contribution < 1.29 is 9.53 Å². The van der Waals surface area contributed by atoms with Gasteiger partial charge in [0.05, 0.1) is 0 Å². The number of nitrogens with zero attached hydrogens (tertiary/aromatic N) is 1. The molecule has 0 saturated heterocycles. The first-order valence-corrected chi connectivity index (χ1v) is 8.23. The summed E-state index contributed by atoms with van der Waals surface area (Å²) in [6.07, 6.45) is 5.03. The summed E-state index contributed by atoms with van der Waals surface area (Å²) >= 11 is 3.73. The number of amides is 1. The van der Waals surface area contributed by atoms with Gasteiger partial charge in [-0.05, 0) is 24.5 Å². The van der Waals surface area contributed by atoms with Crippen LogP contribution < -0.4 is 4.74 Å². The number of alkyl halides is 1. The van der Waals surface area contributed by atoms with E-state index in [-0.39, 0.29) is 12.0 Å². The molecule has 20 heavy (non-hydrogen) atoms. The van der Waals surface area contributed by atoms with Crippen LogP contribution >= 0.6 is 15.9 Å². The first-order chi connectivity index (χ1) is 9.66. The van der Waals surface area contributed by atoms with Gasteiger partial charge in [-0.3, -0.25) is 4.79 Å². The van der Waals surface area contributed by atoms with E-state index in [4.69, 9.17) is 4.74 Å². The zero-order chi connectivity index (χ0) is 14.1. The number of halogens is 1. The Bertz CT molecular complexity index is 480. The zero-order valence-corrected chi connectivity index (χ0v) is 13.3. The zero-order valence-electron chi connectivity index (χ0n) is 11.7. The van der Waals surface area contributed by atoms with Crippen LogP contribution in [0.4, 0.5) is 0 Å². The molecule has 108 valence electrons. The Kier molecular flexibility index (Phi) is 4.01. The summed E-state index contributed by atoms with van der Waals surface area (Å²) in [4.78, 5) is 14.9. The molecule has 0 bridgehead atoms. The Morgan fingerprint density at radius 1 is 1.30 bits per heavy atom. The Morgan fingerprint density at radius 2 is 2.05 bits per heavy atom. The Balaban J connectivity index is 1.68. The lowest BCUT2D eigenvalue weighted by Gasteiger charge is -2.36. The van der Waals surface area contributed by atoms with E-state index in [1.54, 1.807) is 0 Å². The van der Waals surface area contributed by atoms with Crippen molar-refractivity contribution in [2.24, 2.45) is 0 Å². The van der Waals surface area contributed by atoms with Crippen LogP contribution in [0.15, 0.2) is 24.3 Å². The average molecular weight is 338 g/mol. The first kappa shape index (κ1) is 13.9. The van der Waals surface area contributed by atoms with Crippen LogP contribution in [0.1, 0.15) is 31.2 Å². The lowest BCUT2D eigenvalue weighted by atomic mass is 9.94. The summed E-state index contributed by atoms with van der Waals surface area (Å²) in [5.41, 5.74) is 1.14. The second-order valence-corrected chi connectivity index (χ2v) is 6.91. The lowest BCUT2D eigenvalue weighted by Crippen LogP contribution is -2.49. The minimum atomic E-state index is -0.348. The summed E-state index contributed by atoms with van der Waals surface area (Å²) in [7, 11) is 1.92. The third-order valence-electron chi connectivity index (χ3n) is 4.41. The van der Waals surface area contributed by atoms with Gasteiger partial charge in [-0.25, -0.2) is 0 Å². The van der Waals surface area contributed by atoms with E-state index in [9.17, 15) is 4.79 Å². The summed E-state index contributed by atoms with van der Waals surface area (Å²) in [5.74, 6) is 0.968. The van der Waals surface area contributed by atoms with Crippen LogP contribution in [-0.4, -0.2) is 34.8 Å². The molecule has 3 rings (SSSR count). The van der Waals surface area contributed by atoms with Crippen molar-refractivity contribution in [2.75, 3.05) is 7.05 Å². The summed E-state index contributed by atoms with van der Waals surface area (Å²) in [5, 5.41) is 0. The van der Waals surface area contributed by atoms with E-state index in [1.807, 2.05) is 36.2 Å². The molecule has 4 heteroatoms. The molecule has 1 aromatic carbocycles.